The number of aromatic amines is 1. The van der Waals surface area contributed by atoms with Crippen molar-refractivity contribution in [2.45, 2.75) is 20.5 Å². The molecule has 130 valence electrons. The molecule has 0 bridgehead atoms. The second-order valence-electron chi connectivity index (χ2n) is 6.04. The van der Waals surface area contributed by atoms with Crippen LogP contribution in [0.1, 0.15) is 22.4 Å². The minimum Gasteiger partial charge on any atom is -0.488 e. The molecule has 3 rings (SSSR count). The molecule has 26 heavy (non-hydrogen) atoms. The zero-order valence-electron chi connectivity index (χ0n) is 14.5. The molecule has 1 N–H and O–H groups in total. The van der Waals surface area contributed by atoms with Crippen LogP contribution in [0.25, 0.3) is 11.1 Å². The van der Waals surface area contributed by atoms with Crippen molar-refractivity contribution in [1.82, 2.24) is 4.98 Å². The van der Waals surface area contributed by atoms with Crippen molar-refractivity contribution in [3.63, 3.8) is 0 Å². The van der Waals surface area contributed by atoms with Crippen LogP contribution in [0.2, 0.25) is 0 Å². The number of aryl methyl sites for hydroxylation is 2. The number of nitrogens with zero attached hydrogens (tertiary/aromatic N) is 1. The van der Waals surface area contributed by atoms with Gasteiger partial charge in [0, 0.05) is 21.3 Å². The summed E-state index contributed by atoms with van der Waals surface area (Å²) < 4.78 is 6.90. The van der Waals surface area contributed by atoms with Crippen molar-refractivity contribution in [3.8, 4) is 22.9 Å². The van der Waals surface area contributed by atoms with E-state index in [1.54, 1.807) is 13.0 Å². The third kappa shape index (κ3) is 3.71. The lowest BCUT2D eigenvalue weighted by molar-refractivity contribution is 0.306. The summed E-state index contributed by atoms with van der Waals surface area (Å²) in [5.74, 6) is 0.623. The molecular weight excluding hydrogens is 392 g/mol. The number of ether oxygens (including phenoxy) is 1. The lowest BCUT2D eigenvalue weighted by Gasteiger charge is -2.14. The van der Waals surface area contributed by atoms with Gasteiger partial charge in [0.05, 0.1) is 0 Å². The van der Waals surface area contributed by atoms with Crippen LogP contribution in [0.3, 0.4) is 0 Å². The number of halogens is 1. The first kappa shape index (κ1) is 18.0. The zero-order chi connectivity index (χ0) is 18.7. The molecule has 5 heteroatoms. The topological polar surface area (TPSA) is 65.9 Å². The van der Waals surface area contributed by atoms with Crippen molar-refractivity contribution in [2.24, 2.45) is 0 Å². The molecule has 0 unspecified atom stereocenters. The molecule has 0 atom stereocenters. The first-order chi connectivity index (χ1) is 12.5. The van der Waals surface area contributed by atoms with E-state index in [1.807, 2.05) is 55.5 Å². The molecular formula is C21H17BrN2O2. The normalized spacial score (nSPS) is 10.4. The van der Waals surface area contributed by atoms with Gasteiger partial charge in [0.2, 0.25) is 0 Å². The number of H-pyrrole nitrogens is 1. The Morgan fingerprint density at radius 1 is 1.12 bits per heavy atom. The smallest absolute Gasteiger partial charge is 0.266 e. The summed E-state index contributed by atoms with van der Waals surface area (Å²) in [6, 6.07) is 17.4. The second-order valence-corrected chi connectivity index (χ2v) is 6.95. The summed E-state index contributed by atoms with van der Waals surface area (Å²) in [4.78, 5) is 14.8. The largest absolute Gasteiger partial charge is 0.488 e. The van der Waals surface area contributed by atoms with Crippen molar-refractivity contribution in [3.05, 3.63) is 85.7 Å². The van der Waals surface area contributed by atoms with E-state index in [9.17, 15) is 10.1 Å². The maximum Gasteiger partial charge on any atom is 0.266 e. The Balaban J connectivity index is 2.07. The number of nitrogens with one attached hydrogen (secondary N) is 1. The maximum absolute atomic E-state index is 12.2. The van der Waals surface area contributed by atoms with Gasteiger partial charge in [0.25, 0.3) is 5.56 Å². The number of aromatic nitrogens is 1. The zero-order valence-corrected chi connectivity index (χ0v) is 16.1. The minimum absolute atomic E-state index is 0.0782. The van der Waals surface area contributed by atoms with Crippen molar-refractivity contribution < 1.29 is 4.74 Å². The number of hydrogen-bond acceptors (Lipinski definition) is 3. The number of rotatable bonds is 4. The molecule has 0 fully saturated rings. The van der Waals surface area contributed by atoms with Crippen LogP contribution < -0.4 is 10.3 Å². The van der Waals surface area contributed by atoms with Gasteiger partial charge in [0.1, 0.15) is 24.0 Å². The van der Waals surface area contributed by atoms with E-state index >= 15 is 0 Å². The van der Waals surface area contributed by atoms with E-state index in [2.05, 4.69) is 20.9 Å². The molecule has 0 aliphatic rings. The molecule has 0 saturated heterocycles. The summed E-state index contributed by atoms with van der Waals surface area (Å²) >= 11 is 3.46. The van der Waals surface area contributed by atoms with Crippen LogP contribution in [0.5, 0.6) is 5.75 Å². The van der Waals surface area contributed by atoms with E-state index in [0.29, 0.717) is 29.2 Å². The molecule has 4 nitrogen and oxygen atoms in total. The molecule has 0 spiro atoms. The summed E-state index contributed by atoms with van der Waals surface area (Å²) in [6.07, 6.45) is 0. The highest BCUT2D eigenvalue weighted by molar-refractivity contribution is 9.10. The van der Waals surface area contributed by atoms with Gasteiger partial charge in [-0.15, -0.1) is 0 Å². The van der Waals surface area contributed by atoms with Crippen molar-refractivity contribution >= 4 is 15.9 Å². The maximum atomic E-state index is 12.2. The average Bonchev–Trinajstić information content (AvgIpc) is 2.61. The van der Waals surface area contributed by atoms with E-state index in [1.165, 1.54) is 0 Å². The third-order valence-corrected chi connectivity index (χ3v) is 4.65. The third-order valence-electron chi connectivity index (χ3n) is 4.16. The van der Waals surface area contributed by atoms with E-state index < -0.39 is 5.56 Å². The fraction of sp³-hybridized carbons (Fsp3) is 0.143. The second kappa shape index (κ2) is 7.59. The molecule has 2 aromatic carbocycles. The Bertz CT molecular complexity index is 1060. The van der Waals surface area contributed by atoms with Gasteiger partial charge in [0.15, 0.2) is 0 Å². The van der Waals surface area contributed by atoms with Gasteiger partial charge in [-0.3, -0.25) is 4.79 Å². The number of benzene rings is 2. The quantitative estimate of drug-likeness (QED) is 0.669. The lowest BCUT2D eigenvalue weighted by Crippen LogP contribution is -2.13. The van der Waals surface area contributed by atoms with Gasteiger partial charge in [-0.2, -0.15) is 5.26 Å². The molecule has 3 aromatic rings. The average molecular weight is 409 g/mol. The van der Waals surface area contributed by atoms with Crippen LogP contribution in [0.4, 0.5) is 0 Å². The molecule has 0 radical (unpaired) electrons. The highest BCUT2D eigenvalue weighted by Crippen LogP contribution is 2.34. The predicted octanol–water partition coefficient (Wildman–Crippen LogP) is 4.87. The van der Waals surface area contributed by atoms with Crippen molar-refractivity contribution in [1.29, 1.82) is 5.26 Å². The molecule has 0 saturated carbocycles. The molecule has 0 aliphatic heterocycles. The Labute approximate surface area is 160 Å². The fourth-order valence-corrected chi connectivity index (χ4v) is 3.14. The number of hydrogen-bond donors (Lipinski definition) is 1. The van der Waals surface area contributed by atoms with Gasteiger partial charge in [-0.25, -0.2) is 0 Å². The Morgan fingerprint density at radius 2 is 1.88 bits per heavy atom. The Hall–Kier alpha value is -2.84. The van der Waals surface area contributed by atoms with E-state index in [0.717, 1.165) is 15.6 Å². The molecule has 1 aromatic heterocycles. The number of pyridine rings is 1. The molecule has 0 aliphatic carbocycles. The van der Waals surface area contributed by atoms with Gasteiger partial charge in [-0.05, 0) is 49.2 Å². The first-order valence-electron chi connectivity index (χ1n) is 8.11. The van der Waals surface area contributed by atoms with Gasteiger partial charge < -0.3 is 9.72 Å². The predicted molar refractivity (Wildman–Crippen MR) is 105 cm³/mol. The van der Waals surface area contributed by atoms with Crippen LogP contribution in [-0.2, 0) is 6.61 Å². The standard InChI is InChI=1S/C21H17BrN2O2/c1-13-5-3-4-6-15(13)12-26-20-8-7-16(22)10-18(20)17-9-14(2)24-21(25)19(17)11-23/h3-10H,12H2,1-2H3,(H,24,25). The Kier molecular flexibility index (Phi) is 5.24. The summed E-state index contributed by atoms with van der Waals surface area (Å²) in [5, 5.41) is 9.43. The summed E-state index contributed by atoms with van der Waals surface area (Å²) in [7, 11) is 0. The fourth-order valence-electron chi connectivity index (χ4n) is 2.78. The van der Waals surface area contributed by atoms with Crippen LogP contribution >= 0.6 is 15.9 Å². The van der Waals surface area contributed by atoms with Crippen LogP contribution in [0.15, 0.2) is 57.8 Å². The SMILES string of the molecule is Cc1cc(-c2cc(Br)ccc2OCc2ccccc2C)c(C#N)c(=O)[nH]1. The van der Waals surface area contributed by atoms with Crippen LogP contribution in [0, 0.1) is 25.2 Å². The molecule has 0 amide bonds. The Morgan fingerprint density at radius 3 is 2.62 bits per heavy atom. The first-order valence-corrected chi connectivity index (χ1v) is 8.90. The van der Waals surface area contributed by atoms with E-state index in [-0.39, 0.29) is 5.56 Å². The van der Waals surface area contributed by atoms with Crippen LogP contribution in [-0.4, -0.2) is 4.98 Å². The summed E-state index contributed by atoms with van der Waals surface area (Å²) in [5.41, 5.74) is 3.88. The monoisotopic (exact) mass is 408 g/mol. The summed E-state index contributed by atoms with van der Waals surface area (Å²) in [6.45, 7) is 4.23. The molecule has 1 heterocycles. The van der Waals surface area contributed by atoms with Gasteiger partial charge in [-0.1, -0.05) is 40.2 Å². The van der Waals surface area contributed by atoms with Gasteiger partial charge >= 0.3 is 0 Å². The minimum atomic E-state index is -0.396. The highest BCUT2D eigenvalue weighted by Gasteiger charge is 2.15. The van der Waals surface area contributed by atoms with Crippen molar-refractivity contribution in [2.75, 3.05) is 0 Å². The highest BCUT2D eigenvalue weighted by atomic mass is 79.9. The van der Waals surface area contributed by atoms with E-state index in [4.69, 9.17) is 4.74 Å². The number of nitriles is 1. The lowest BCUT2D eigenvalue weighted by atomic mass is 10.00.